The number of ether oxygens (including phenoxy) is 3. The molecule has 0 bridgehead atoms. The molecule has 1 saturated heterocycles. The van der Waals surface area contributed by atoms with Crippen molar-refractivity contribution in [2.75, 3.05) is 33.4 Å². The molecule has 1 atom stereocenters. The summed E-state index contributed by atoms with van der Waals surface area (Å²) in [4.78, 5) is 15.2. The average Bonchev–Trinajstić information content (AvgIpc) is 2.79. The Kier molecular flexibility index (Phi) is 6.43. The predicted molar refractivity (Wildman–Crippen MR) is 115 cm³/mol. The third-order valence-corrected chi connectivity index (χ3v) is 5.95. The van der Waals surface area contributed by atoms with E-state index in [0.29, 0.717) is 13.2 Å². The zero-order chi connectivity index (χ0) is 20.9. The summed E-state index contributed by atoms with van der Waals surface area (Å²) in [5, 5.41) is 3.18. The lowest BCUT2D eigenvalue weighted by molar-refractivity contribution is -0.127. The number of methoxy groups -OCH3 is 1. The molecule has 0 aromatic heterocycles. The second-order valence-electron chi connectivity index (χ2n) is 8.03. The van der Waals surface area contributed by atoms with Crippen LogP contribution in [0.4, 0.5) is 0 Å². The first-order valence-corrected chi connectivity index (χ1v) is 10.7. The highest BCUT2D eigenvalue weighted by atomic mass is 16.6. The first-order chi connectivity index (χ1) is 14.6. The fourth-order valence-corrected chi connectivity index (χ4v) is 4.09. The summed E-state index contributed by atoms with van der Waals surface area (Å²) in [5.74, 6) is 2.61. The molecule has 6 nitrogen and oxygen atoms in total. The number of nitrogens with zero attached hydrogens (tertiary/aromatic N) is 1. The number of piperidine rings is 1. The summed E-state index contributed by atoms with van der Waals surface area (Å²) in [6, 6.07) is 14.0. The van der Waals surface area contributed by atoms with Crippen molar-refractivity contribution in [3.8, 4) is 17.2 Å². The van der Waals surface area contributed by atoms with Crippen LogP contribution in [0.3, 0.4) is 0 Å². The van der Waals surface area contributed by atoms with E-state index in [2.05, 4.69) is 22.3 Å². The Morgan fingerprint density at radius 1 is 1.10 bits per heavy atom. The van der Waals surface area contributed by atoms with Gasteiger partial charge in [0.25, 0.3) is 0 Å². The van der Waals surface area contributed by atoms with Crippen LogP contribution in [0.5, 0.6) is 17.2 Å². The van der Waals surface area contributed by atoms with Gasteiger partial charge in [-0.1, -0.05) is 18.2 Å². The van der Waals surface area contributed by atoms with Crippen molar-refractivity contribution in [2.45, 2.75) is 32.4 Å². The van der Waals surface area contributed by atoms with E-state index in [1.807, 2.05) is 37.3 Å². The molecule has 4 rings (SSSR count). The highest BCUT2D eigenvalue weighted by Crippen LogP contribution is 2.32. The lowest BCUT2D eigenvalue weighted by atomic mass is 9.94. The first kappa shape index (κ1) is 20.5. The third-order valence-electron chi connectivity index (χ3n) is 5.95. The Bertz CT molecular complexity index is 860. The number of carbonyl (C=O) groups excluding carboxylic acids is 1. The number of amides is 1. The van der Waals surface area contributed by atoms with Gasteiger partial charge >= 0.3 is 0 Å². The molecule has 0 aliphatic carbocycles. The molecule has 1 fully saturated rings. The summed E-state index contributed by atoms with van der Waals surface area (Å²) >= 11 is 0. The maximum absolute atomic E-state index is 12.8. The second-order valence-corrected chi connectivity index (χ2v) is 8.03. The number of likely N-dealkylation sites (tertiary alicyclic amines) is 1. The Balaban J connectivity index is 1.26. The highest BCUT2D eigenvalue weighted by molar-refractivity contribution is 5.79. The van der Waals surface area contributed by atoms with Crippen LogP contribution in [0.1, 0.15) is 36.9 Å². The number of benzene rings is 2. The van der Waals surface area contributed by atoms with E-state index in [0.717, 1.165) is 55.3 Å². The SMILES string of the molecule is COc1ccc(CN2CCC(C(=O)N[C@H](C)c3ccc4c(c3)OCCO4)CC2)cc1. The van der Waals surface area contributed by atoms with Gasteiger partial charge in [0.15, 0.2) is 11.5 Å². The van der Waals surface area contributed by atoms with Gasteiger partial charge in [0.05, 0.1) is 13.2 Å². The Labute approximate surface area is 178 Å². The monoisotopic (exact) mass is 410 g/mol. The van der Waals surface area contributed by atoms with Crippen LogP contribution >= 0.6 is 0 Å². The molecule has 0 saturated carbocycles. The standard InChI is InChI=1S/C24H30N2O4/c1-17(20-5-8-22-23(15-20)30-14-13-29-22)25-24(27)19-9-11-26(12-10-19)16-18-3-6-21(28-2)7-4-18/h3-8,15,17,19H,9-14,16H2,1-2H3,(H,25,27)/t17-/m1/s1. The molecule has 2 aromatic rings. The van der Waals surface area contributed by atoms with Gasteiger partial charge in [-0.3, -0.25) is 9.69 Å². The zero-order valence-corrected chi connectivity index (χ0v) is 17.7. The zero-order valence-electron chi connectivity index (χ0n) is 17.7. The molecule has 0 unspecified atom stereocenters. The summed E-state index contributed by atoms with van der Waals surface area (Å²) in [5.41, 5.74) is 2.30. The van der Waals surface area contributed by atoms with E-state index >= 15 is 0 Å². The summed E-state index contributed by atoms with van der Waals surface area (Å²) in [7, 11) is 1.68. The minimum absolute atomic E-state index is 0.0642. The Hall–Kier alpha value is -2.73. The summed E-state index contributed by atoms with van der Waals surface area (Å²) in [6.45, 7) is 5.93. The van der Waals surface area contributed by atoms with Gasteiger partial charge in [0.1, 0.15) is 19.0 Å². The van der Waals surface area contributed by atoms with Crippen molar-refractivity contribution in [1.82, 2.24) is 10.2 Å². The molecule has 1 N–H and O–H groups in total. The molecule has 0 spiro atoms. The van der Waals surface area contributed by atoms with Crippen LogP contribution < -0.4 is 19.5 Å². The lowest BCUT2D eigenvalue weighted by Crippen LogP contribution is -2.40. The van der Waals surface area contributed by atoms with Gasteiger partial charge in [0, 0.05) is 12.5 Å². The van der Waals surface area contributed by atoms with Crippen molar-refractivity contribution in [2.24, 2.45) is 5.92 Å². The maximum atomic E-state index is 12.8. The number of carbonyl (C=O) groups is 1. The van der Waals surface area contributed by atoms with Crippen LogP contribution in [0.15, 0.2) is 42.5 Å². The lowest BCUT2D eigenvalue weighted by Gasteiger charge is -2.32. The van der Waals surface area contributed by atoms with Crippen molar-refractivity contribution < 1.29 is 19.0 Å². The molecule has 30 heavy (non-hydrogen) atoms. The van der Waals surface area contributed by atoms with E-state index in [-0.39, 0.29) is 17.9 Å². The fourth-order valence-electron chi connectivity index (χ4n) is 4.09. The van der Waals surface area contributed by atoms with Crippen molar-refractivity contribution >= 4 is 5.91 Å². The number of rotatable bonds is 6. The number of hydrogen-bond donors (Lipinski definition) is 1. The van der Waals surface area contributed by atoms with Gasteiger partial charge in [-0.05, 0) is 68.2 Å². The predicted octanol–water partition coefficient (Wildman–Crippen LogP) is 3.56. The van der Waals surface area contributed by atoms with Crippen molar-refractivity contribution in [3.05, 3.63) is 53.6 Å². The molecule has 2 aromatic carbocycles. The number of hydrogen-bond acceptors (Lipinski definition) is 5. The largest absolute Gasteiger partial charge is 0.497 e. The van der Waals surface area contributed by atoms with E-state index < -0.39 is 0 Å². The molecule has 160 valence electrons. The minimum atomic E-state index is -0.0642. The van der Waals surface area contributed by atoms with E-state index in [9.17, 15) is 4.79 Å². The average molecular weight is 411 g/mol. The van der Waals surface area contributed by atoms with Gasteiger partial charge in [-0.25, -0.2) is 0 Å². The van der Waals surface area contributed by atoms with Crippen LogP contribution in [0.2, 0.25) is 0 Å². The molecule has 2 heterocycles. The summed E-state index contributed by atoms with van der Waals surface area (Å²) < 4.78 is 16.5. The van der Waals surface area contributed by atoms with Gasteiger partial charge in [0.2, 0.25) is 5.91 Å². The number of nitrogens with one attached hydrogen (secondary N) is 1. The summed E-state index contributed by atoms with van der Waals surface area (Å²) in [6.07, 6.45) is 1.77. The highest BCUT2D eigenvalue weighted by Gasteiger charge is 2.26. The third kappa shape index (κ3) is 4.87. The van der Waals surface area contributed by atoms with Crippen LogP contribution in [0, 0.1) is 5.92 Å². The van der Waals surface area contributed by atoms with Gasteiger partial charge in [-0.15, -0.1) is 0 Å². The van der Waals surface area contributed by atoms with Crippen LogP contribution in [0.25, 0.3) is 0 Å². The van der Waals surface area contributed by atoms with E-state index in [4.69, 9.17) is 14.2 Å². The normalized spacial score (nSPS) is 17.9. The maximum Gasteiger partial charge on any atom is 0.223 e. The molecule has 1 amide bonds. The van der Waals surface area contributed by atoms with Crippen LogP contribution in [-0.2, 0) is 11.3 Å². The van der Waals surface area contributed by atoms with Gasteiger partial charge < -0.3 is 19.5 Å². The number of fused-ring (bicyclic) bond motifs is 1. The van der Waals surface area contributed by atoms with E-state index in [1.54, 1.807) is 7.11 Å². The van der Waals surface area contributed by atoms with Gasteiger partial charge in [-0.2, -0.15) is 0 Å². The Morgan fingerprint density at radius 3 is 2.50 bits per heavy atom. The van der Waals surface area contributed by atoms with Crippen molar-refractivity contribution in [3.63, 3.8) is 0 Å². The smallest absolute Gasteiger partial charge is 0.223 e. The minimum Gasteiger partial charge on any atom is -0.497 e. The van der Waals surface area contributed by atoms with Crippen LogP contribution in [-0.4, -0.2) is 44.2 Å². The first-order valence-electron chi connectivity index (χ1n) is 10.7. The quantitative estimate of drug-likeness (QED) is 0.789. The molecule has 0 radical (unpaired) electrons. The topological polar surface area (TPSA) is 60.0 Å². The fraction of sp³-hybridized carbons (Fsp3) is 0.458. The molecule has 2 aliphatic heterocycles. The van der Waals surface area contributed by atoms with E-state index in [1.165, 1.54) is 5.56 Å². The Morgan fingerprint density at radius 2 is 1.80 bits per heavy atom. The molecular formula is C24H30N2O4. The molecule has 6 heteroatoms. The second kappa shape index (κ2) is 9.39. The molecular weight excluding hydrogens is 380 g/mol. The van der Waals surface area contributed by atoms with Crippen molar-refractivity contribution in [1.29, 1.82) is 0 Å². The molecule has 2 aliphatic rings.